The van der Waals surface area contributed by atoms with Crippen LogP contribution in [0.5, 0.6) is 0 Å². The van der Waals surface area contributed by atoms with Gasteiger partial charge in [-0.1, -0.05) is 54.6 Å². The van der Waals surface area contributed by atoms with E-state index in [9.17, 15) is 4.79 Å². The van der Waals surface area contributed by atoms with E-state index in [0.717, 1.165) is 34.6 Å². The van der Waals surface area contributed by atoms with Crippen molar-refractivity contribution >= 4 is 10.9 Å². The topological polar surface area (TPSA) is 34.9 Å². The number of aromatic nitrogens is 2. The van der Waals surface area contributed by atoms with Gasteiger partial charge in [0.1, 0.15) is 5.82 Å². The largest absolute Gasteiger partial charge is 0.268 e. The summed E-state index contributed by atoms with van der Waals surface area (Å²) >= 11 is 0. The Balaban J connectivity index is 2.03. The lowest BCUT2D eigenvalue weighted by Gasteiger charge is -2.13. The smallest absolute Gasteiger partial charge is 0.266 e. The van der Waals surface area contributed by atoms with Gasteiger partial charge in [0.2, 0.25) is 0 Å². The predicted octanol–water partition coefficient (Wildman–Crippen LogP) is 3.96. The van der Waals surface area contributed by atoms with E-state index in [1.165, 1.54) is 5.56 Å². The molecule has 0 amide bonds. The van der Waals surface area contributed by atoms with Crippen molar-refractivity contribution < 1.29 is 0 Å². The van der Waals surface area contributed by atoms with Crippen molar-refractivity contribution in [3.63, 3.8) is 0 Å². The number of benzene rings is 3. The second kappa shape index (κ2) is 4.90. The number of para-hydroxylation sites is 2. The number of hydrogen-bond donors (Lipinski definition) is 0. The van der Waals surface area contributed by atoms with Gasteiger partial charge in [-0.3, -0.25) is 9.36 Å². The van der Waals surface area contributed by atoms with Crippen molar-refractivity contribution in [3.05, 3.63) is 94.3 Å². The number of nitrogens with zero attached hydrogens (tertiary/aromatic N) is 2. The highest BCUT2D eigenvalue weighted by atomic mass is 16.1. The second-order valence-corrected chi connectivity index (χ2v) is 6.06. The van der Waals surface area contributed by atoms with Crippen molar-refractivity contribution in [1.29, 1.82) is 0 Å². The van der Waals surface area contributed by atoms with Crippen LogP contribution in [-0.4, -0.2) is 9.55 Å². The average Bonchev–Trinajstić information content (AvgIpc) is 2.77. The van der Waals surface area contributed by atoms with Crippen molar-refractivity contribution in [3.8, 4) is 17.1 Å². The van der Waals surface area contributed by atoms with E-state index in [0.29, 0.717) is 5.39 Å². The summed E-state index contributed by atoms with van der Waals surface area (Å²) in [5, 5.41) is 0.649. The van der Waals surface area contributed by atoms with Crippen LogP contribution in [-0.2, 0) is 6.42 Å². The fourth-order valence-electron chi connectivity index (χ4n) is 3.51. The van der Waals surface area contributed by atoms with Crippen molar-refractivity contribution in [2.75, 3.05) is 0 Å². The molecule has 1 aromatic heterocycles. The zero-order chi connectivity index (χ0) is 16.1. The Morgan fingerprint density at radius 1 is 0.792 bits per heavy atom. The molecule has 0 aliphatic carbocycles. The molecule has 0 atom stereocenters. The molecule has 0 radical (unpaired) electrons. The first kappa shape index (κ1) is 13.3. The van der Waals surface area contributed by atoms with Gasteiger partial charge >= 0.3 is 0 Å². The Bertz CT molecular complexity index is 1160. The molecule has 0 unspecified atom stereocenters. The van der Waals surface area contributed by atoms with E-state index in [-0.39, 0.29) is 5.56 Å². The zero-order valence-electron chi connectivity index (χ0n) is 12.9. The highest BCUT2D eigenvalue weighted by Gasteiger charge is 2.21. The molecule has 0 fully saturated rings. The highest BCUT2D eigenvalue weighted by Crippen LogP contribution is 2.32. The predicted molar refractivity (Wildman–Crippen MR) is 95.6 cm³/mol. The number of hydrogen-bond acceptors (Lipinski definition) is 2. The Hall–Kier alpha value is -3.20. The van der Waals surface area contributed by atoms with Crippen LogP contribution in [0.3, 0.4) is 0 Å². The SMILES string of the molecule is O=c1c2ccccc2nc2n1-c1ccccc1Cc1ccccc1-2. The lowest BCUT2D eigenvalue weighted by Crippen LogP contribution is -2.22. The summed E-state index contributed by atoms with van der Waals surface area (Å²) in [6.45, 7) is 0. The molecule has 3 aromatic carbocycles. The van der Waals surface area contributed by atoms with Crippen LogP contribution >= 0.6 is 0 Å². The van der Waals surface area contributed by atoms with Crippen molar-refractivity contribution in [1.82, 2.24) is 9.55 Å². The summed E-state index contributed by atoms with van der Waals surface area (Å²) in [6.07, 6.45) is 0.797. The summed E-state index contributed by atoms with van der Waals surface area (Å²) in [6, 6.07) is 23.8. The van der Waals surface area contributed by atoms with Gasteiger partial charge in [0, 0.05) is 12.0 Å². The molecule has 0 spiro atoms. The molecule has 1 aliphatic rings. The Kier molecular flexibility index (Phi) is 2.71. The van der Waals surface area contributed by atoms with Crippen LogP contribution in [0.25, 0.3) is 28.0 Å². The molecule has 0 N–H and O–H groups in total. The maximum absolute atomic E-state index is 13.2. The number of fused-ring (bicyclic) bond motifs is 6. The molecule has 0 saturated carbocycles. The number of rotatable bonds is 0. The minimum Gasteiger partial charge on any atom is -0.268 e. The lowest BCUT2D eigenvalue weighted by atomic mass is 10.0. The van der Waals surface area contributed by atoms with Gasteiger partial charge in [0.05, 0.1) is 16.6 Å². The maximum atomic E-state index is 13.2. The molecular weight excluding hydrogens is 296 g/mol. The van der Waals surface area contributed by atoms with Crippen LogP contribution in [0.2, 0.25) is 0 Å². The Labute approximate surface area is 138 Å². The first-order valence-corrected chi connectivity index (χ1v) is 8.01. The van der Waals surface area contributed by atoms with Gasteiger partial charge < -0.3 is 0 Å². The van der Waals surface area contributed by atoms with Crippen molar-refractivity contribution in [2.24, 2.45) is 0 Å². The second-order valence-electron chi connectivity index (χ2n) is 6.06. The summed E-state index contributed by atoms with van der Waals surface area (Å²) < 4.78 is 1.77. The van der Waals surface area contributed by atoms with Gasteiger partial charge in [-0.2, -0.15) is 0 Å². The molecule has 0 bridgehead atoms. The molecule has 0 saturated heterocycles. The maximum Gasteiger partial charge on any atom is 0.266 e. The molecule has 2 heterocycles. The molecule has 4 aromatic rings. The van der Waals surface area contributed by atoms with Gasteiger partial charge in [-0.25, -0.2) is 4.98 Å². The van der Waals surface area contributed by atoms with Crippen LogP contribution in [0.4, 0.5) is 0 Å². The third kappa shape index (κ3) is 1.78. The fourth-order valence-corrected chi connectivity index (χ4v) is 3.51. The van der Waals surface area contributed by atoms with Gasteiger partial charge in [0.15, 0.2) is 0 Å². The normalized spacial score (nSPS) is 12.2. The first-order valence-electron chi connectivity index (χ1n) is 8.01. The lowest BCUT2D eigenvalue weighted by molar-refractivity contribution is 0.971. The van der Waals surface area contributed by atoms with Gasteiger partial charge in [-0.05, 0) is 29.3 Å². The molecule has 24 heavy (non-hydrogen) atoms. The van der Waals surface area contributed by atoms with Gasteiger partial charge in [-0.15, -0.1) is 0 Å². The van der Waals surface area contributed by atoms with Crippen LogP contribution in [0, 0.1) is 0 Å². The van der Waals surface area contributed by atoms with E-state index in [2.05, 4.69) is 12.1 Å². The van der Waals surface area contributed by atoms with E-state index in [1.54, 1.807) is 4.57 Å². The average molecular weight is 310 g/mol. The van der Waals surface area contributed by atoms with Gasteiger partial charge in [0.25, 0.3) is 5.56 Å². The molecule has 1 aliphatic heterocycles. The van der Waals surface area contributed by atoms with Crippen LogP contribution in [0.1, 0.15) is 11.1 Å². The zero-order valence-corrected chi connectivity index (χ0v) is 12.9. The Morgan fingerprint density at radius 3 is 2.42 bits per heavy atom. The summed E-state index contributed by atoms with van der Waals surface area (Å²) in [5.41, 5.74) is 5.01. The molecule has 114 valence electrons. The third-order valence-electron chi connectivity index (χ3n) is 4.65. The minimum atomic E-state index is -0.0141. The highest BCUT2D eigenvalue weighted by molar-refractivity contribution is 5.81. The van der Waals surface area contributed by atoms with Crippen LogP contribution in [0.15, 0.2) is 77.6 Å². The van der Waals surface area contributed by atoms with E-state index in [4.69, 9.17) is 4.98 Å². The quantitative estimate of drug-likeness (QED) is 0.434. The van der Waals surface area contributed by atoms with E-state index < -0.39 is 0 Å². The first-order chi connectivity index (χ1) is 11.8. The molecular formula is C21H14N2O. The summed E-state index contributed by atoms with van der Waals surface area (Å²) in [7, 11) is 0. The minimum absolute atomic E-state index is 0.0141. The monoisotopic (exact) mass is 310 g/mol. The molecule has 3 heteroatoms. The summed E-state index contributed by atoms with van der Waals surface area (Å²) in [5.74, 6) is 0.722. The standard InChI is InChI=1S/C21H14N2O/c24-21-17-10-4-5-11-18(17)22-20-16-9-3-1-7-14(16)13-15-8-2-6-12-19(15)23(20)21/h1-12H,13H2. The Morgan fingerprint density at radius 2 is 1.50 bits per heavy atom. The summed E-state index contributed by atoms with van der Waals surface area (Å²) in [4.78, 5) is 18.1. The third-order valence-corrected chi connectivity index (χ3v) is 4.65. The molecule has 3 nitrogen and oxygen atoms in total. The van der Waals surface area contributed by atoms with E-state index in [1.807, 2.05) is 60.7 Å². The van der Waals surface area contributed by atoms with Crippen molar-refractivity contribution in [2.45, 2.75) is 6.42 Å². The molecule has 5 rings (SSSR count). The fraction of sp³-hybridized carbons (Fsp3) is 0.0476. The van der Waals surface area contributed by atoms with E-state index >= 15 is 0 Å². The van der Waals surface area contributed by atoms with Crippen LogP contribution < -0.4 is 5.56 Å².